The van der Waals surface area contributed by atoms with Gasteiger partial charge in [-0.05, 0) is 25.0 Å². The lowest BCUT2D eigenvalue weighted by Gasteiger charge is -2.02. The molecule has 0 aliphatic heterocycles. The summed E-state index contributed by atoms with van der Waals surface area (Å²) in [4.78, 5) is 15.8. The number of nitrogens with one attached hydrogen (secondary N) is 1. The lowest BCUT2D eigenvalue weighted by molar-refractivity contribution is -0.117. The van der Waals surface area contributed by atoms with Gasteiger partial charge in [0.25, 0.3) is 0 Å². The molecule has 2 aromatic rings. The number of nitrogens with zero attached hydrogens (tertiary/aromatic N) is 2. The van der Waals surface area contributed by atoms with Crippen LogP contribution in [0.15, 0.2) is 24.4 Å². The molecule has 6 nitrogen and oxygen atoms in total. The number of hydrogen-bond acceptors (Lipinski definition) is 4. The molecule has 7 heteroatoms. The van der Waals surface area contributed by atoms with Crippen LogP contribution in [0, 0.1) is 5.92 Å². The number of carbonyl (C=O) groups is 1. The predicted molar refractivity (Wildman–Crippen MR) is 66.4 cm³/mol. The summed E-state index contributed by atoms with van der Waals surface area (Å²) in [6.07, 6.45) is 3.45. The second kappa shape index (κ2) is 4.11. The number of anilines is 1. The van der Waals surface area contributed by atoms with Crippen LogP contribution in [-0.2, 0) is 4.79 Å². The lowest BCUT2D eigenvalue weighted by Crippen LogP contribution is -2.34. The molecule has 3 N–H and O–H groups in total. The van der Waals surface area contributed by atoms with Crippen LogP contribution < -0.4 is 10.9 Å². The molecule has 18 heavy (non-hydrogen) atoms. The fourth-order valence-electron chi connectivity index (χ4n) is 1.88. The number of hydrogen-bond donors (Lipinski definition) is 3. The van der Waals surface area contributed by atoms with Crippen LogP contribution in [0.4, 0.5) is 5.82 Å². The third-order valence-corrected chi connectivity index (χ3v) is 2.99. The predicted octanol–water partition coefficient (Wildman–Crippen LogP) is -0.637. The quantitative estimate of drug-likeness (QED) is 0.628. The monoisotopic (exact) mass is 245 g/mol. The Balaban J connectivity index is 1.94. The average molecular weight is 245 g/mol. The summed E-state index contributed by atoms with van der Waals surface area (Å²) in [6, 6.07) is 5.01. The van der Waals surface area contributed by atoms with E-state index in [1.807, 2.05) is 0 Å². The third-order valence-electron chi connectivity index (χ3n) is 2.99. The number of fused-ring (bicyclic) bond motifs is 1. The third kappa shape index (κ3) is 1.98. The molecule has 1 amide bonds. The molecule has 3 rings (SSSR count). The van der Waals surface area contributed by atoms with Crippen molar-refractivity contribution < 1.29 is 14.8 Å². The minimum Gasteiger partial charge on any atom is -0.422 e. The van der Waals surface area contributed by atoms with E-state index in [0.717, 1.165) is 12.8 Å². The average Bonchev–Trinajstić information content (AvgIpc) is 3.09. The minimum atomic E-state index is -1.57. The van der Waals surface area contributed by atoms with Crippen molar-refractivity contribution in [2.45, 2.75) is 12.8 Å². The smallest absolute Gasteiger partial charge is 0.422 e. The number of aromatic nitrogens is 2. The molecule has 0 unspecified atom stereocenters. The highest BCUT2D eigenvalue weighted by molar-refractivity contribution is 6.57. The van der Waals surface area contributed by atoms with Gasteiger partial charge in [0.1, 0.15) is 5.65 Å². The van der Waals surface area contributed by atoms with Crippen LogP contribution in [0.2, 0.25) is 0 Å². The van der Waals surface area contributed by atoms with E-state index in [2.05, 4.69) is 10.3 Å². The van der Waals surface area contributed by atoms with Crippen molar-refractivity contribution >= 4 is 30.1 Å². The van der Waals surface area contributed by atoms with E-state index in [9.17, 15) is 14.8 Å². The molecule has 0 spiro atoms. The van der Waals surface area contributed by atoms with E-state index in [-0.39, 0.29) is 11.8 Å². The van der Waals surface area contributed by atoms with E-state index < -0.39 is 7.12 Å². The molecule has 0 radical (unpaired) electrons. The van der Waals surface area contributed by atoms with Crippen molar-refractivity contribution in [2.24, 2.45) is 5.92 Å². The van der Waals surface area contributed by atoms with Crippen LogP contribution >= 0.6 is 0 Å². The molecule has 1 fully saturated rings. The Morgan fingerprint density at radius 3 is 2.89 bits per heavy atom. The van der Waals surface area contributed by atoms with Gasteiger partial charge >= 0.3 is 7.12 Å². The van der Waals surface area contributed by atoms with Crippen LogP contribution in [0.3, 0.4) is 0 Å². The van der Waals surface area contributed by atoms with Gasteiger partial charge < -0.3 is 19.8 Å². The fraction of sp³-hybridized carbons (Fsp3) is 0.273. The minimum absolute atomic E-state index is 0.0236. The SMILES string of the molecule is O=C(Nc1cn2c(B(O)O)cccc2n1)C1CC1. The first kappa shape index (κ1) is 11.2. The first-order valence-corrected chi connectivity index (χ1v) is 5.80. The number of pyridine rings is 1. The van der Waals surface area contributed by atoms with Gasteiger partial charge in [0.2, 0.25) is 5.91 Å². The highest BCUT2D eigenvalue weighted by atomic mass is 16.4. The second-order valence-electron chi connectivity index (χ2n) is 4.44. The molecule has 2 aromatic heterocycles. The highest BCUT2D eigenvalue weighted by Gasteiger charge is 2.30. The van der Waals surface area contributed by atoms with Crippen LogP contribution in [0.5, 0.6) is 0 Å². The summed E-state index contributed by atoms with van der Waals surface area (Å²) in [5.41, 5.74) is 0.874. The molecule has 1 saturated carbocycles. The van der Waals surface area contributed by atoms with Crippen LogP contribution in [0.1, 0.15) is 12.8 Å². The molecule has 0 bridgehead atoms. The Labute approximate surface area is 103 Å². The van der Waals surface area contributed by atoms with Gasteiger partial charge in [-0.3, -0.25) is 4.79 Å². The van der Waals surface area contributed by atoms with Gasteiger partial charge in [-0.15, -0.1) is 0 Å². The van der Waals surface area contributed by atoms with E-state index in [4.69, 9.17) is 0 Å². The van der Waals surface area contributed by atoms with Gasteiger partial charge in [0, 0.05) is 5.92 Å². The standard InChI is InChI=1S/C11H12BN3O3/c16-11(7-4-5-7)14-9-6-15-8(12(17)18)2-1-3-10(15)13-9/h1-3,6-7,17-18H,4-5H2,(H,14,16). The molecule has 1 aliphatic rings. The molecular formula is C11H12BN3O3. The second-order valence-corrected chi connectivity index (χ2v) is 4.44. The number of carbonyl (C=O) groups excluding carboxylic acids is 1. The molecular weight excluding hydrogens is 233 g/mol. The van der Waals surface area contributed by atoms with Crippen molar-refractivity contribution in [2.75, 3.05) is 5.32 Å². The summed E-state index contributed by atoms with van der Waals surface area (Å²) >= 11 is 0. The fourth-order valence-corrected chi connectivity index (χ4v) is 1.88. The maximum atomic E-state index is 11.6. The Hall–Kier alpha value is -1.86. The summed E-state index contributed by atoms with van der Waals surface area (Å²) < 4.78 is 1.55. The molecule has 1 aliphatic carbocycles. The highest BCUT2D eigenvalue weighted by Crippen LogP contribution is 2.29. The van der Waals surface area contributed by atoms with E-state index in [0.29, 0.717) is 17.1 Å². The molecule has 0 saturated heterocycles. The summed E-state index contributed by atoms with van der Waals surface area (Å²) in [5, 5.41) is 21.2. The first-order valence-electron chi connectivity index (χ1n) is 5.80. The van der Waals surface area contributed by atoms with Gasteiger partial charge in [-0.25, -0.2) is 4.98 Å². The van der Waals surface area contributed by atoms with E-state index >= 15 is 0 Å². The molecule has 0 atom stereocenters. The maximum Gasteiger partial charge on any atom is 0.506 e. The molecule has 92 valence electrons. The summed E-state index contributed by atoms with van der Waals surface area (Å²) in [7, 11) is -1.57. The van der Waals surface area contributed by atoms with Crippen molar-refractivity contribution in [1.82, 2.24) is 9.38 Å². The zero-order valence-electron chi connectivity index (χ0n) is 9.58. The Kier molecular flexibility index (Phi) is 2.57. The van der Waals surface area contributed by atoms with Crippen molar-refractivity contribution in [3.05, 3.63) is 24.4 Å². The topological polar surface area (TPSA) is 86.9 Å². The first-order chi connectivity index (χ1) is 8.65. The zero-order chi connectivity index (χ0) is 12.7. The van der Waals surface area contributed by atoms with Gasteiger partial charge in [0.15, 0.2) is 5.82 Å². The molecule has 2 heterocycles. The van der Waals surface area contributed by atoms with Crippen molar-refractivity contribution in [3.63, 3.8) is 0 Å². The van der Waals surface area contributed by atoms with Crippen LogP contribution in [-0.4, -0.2) is 32.5 Å². The zero-order valence-corrected chi connectivity index (χ0v) is 9.58. The Bertz CT molecular complexity index is 607. The Morgan fingerprint density at radius 1 is 1.44 bits per heavy atom. The summed E-state index contributed by atoms with van der Waals surface area (Å²) in [5.74, 6) is 0.516. The van der Waals surface area contributed by atoms with Gasteiger partial charge in [0.05, 0.1) is 11.8 Å². The number of imidazole rings is 1. The van der Waals surface area contributed by atoms with E-state index in [1.165, 1.54) is 0 Å². The number of rotatable bonds is 3. The largest absolute Gasteiger partial charge is 0.506 e. The lowest BCUT2D eigenvalue weighted by atomic mass is 9.85. The number of amides is 1. The van der Waals surface area contributed by atoms with Gasteiger partial charge in [-0.1, -0.05) is 6.07 Å². The Morgan fingerprint density at radius 2 is 2.22 bits per heavy atom. The van der Waals surface area contributed by atoms with Crippen molar-refractivity contribution in [1.29, 1.82) is 0 Å². The van der Waals surface area contributed by atoms with Crippen molar-refractivity contribution in [3.8, 4) is 0 Å². The normalized spacial score (nSPS) is 14.8. The maximum absolute atomic E-state index is 11.6. The van der Waals surface area contributed by atoms with E-state index in [1.54, 1.807) is 28.8 Å². The summed E-state index contributed by atoms with van der Waals surface area (Å²) in [6.45, 7) is 0. The van der Waals surface area contributed by atoms with Gasteiger partial charge in [-0.2, -0.15) is 0 Å². The van der Waals surface area contributed by atoms with Crippen LogP contribution in [0.25, 0.3) is 5.65 Å². The molecule has 0 aromatic carbocycles.